The average molecular weight is 268 g/mol. The van der Waals surface area contributed by atoms with Crippen molar-refractivity contribution in [1.82, 2.24) is 0 Å². The minimum absolute atomic E-state index is 0.492. The van der Waals surface area contributed by atoms with E-state index in [-0.39, 0.29) is 0 Å². The maximum atomic E-state index is 11.6. The number of rotatable bonds is 6. The molecule has 0 radical (unpaired) electrons. The molecule has 2 aromatic carbocycles. The van der Waals surface area contributed by atoms with Crippen molar-refractivity contribution in [2.75, 3.05) is 6.61 Å². The first-order chi connectivity index (χ1) is 9.68. The van der Waals surface area contributed by atoms with E-state index in [0.717, 1.165) is 23.2 Å². The van der Waals surface area contributed by atoms with Gasteiger partial charge in [-0.05, 0) is 43.5 Å². The smallest absolute Gasteiger partial charge is 0.130 e. The van der Waals surface area contributed by atoms with Crippen molar-refractivity contribution in [1.29, 1.82) is 0 Å². The molecule has 0 aliphatic carbocycles. The van der Waals surface area contributed by atoms with Crippen molar-refractivity contribution >= 4 is 6.29 Å². The SMILES string of the molecule is CCOc1ccc(CC(C)(C=O)c2ccccc2)cc1. The summed E-state index contributed by atoms with van der Waals surface area (Å²) in [5.74, 6) is 0.865. The van der Waals surface area contributed by atoms with Crippen molar-refractivity contribution in [2.45, 2.75) is 25.7 Å². The van der Waals surface area contributed by atoms with Gasteiger partial charge in [-0.1, -0.05) is 42.5 Å². The fourth-order valence-electron chi connectivity index (χ4n) is 2.32. The van der Waals surface area contributed by atoms with Gasteiger partial charge in [-0.15, -0.1) is 0 Å². The van der Waals surface area contributed by atoms with Crippen molar-refractivity contribution in [3.8, 4) is 5.75 Å². The van der Waals surface area contributed by atoms with E-state index in [9.17, 15) is 4.79 Å². The highest BCUT2D eigenvalue weighted by atomic mass is 16.5. The summed E-state index contributed by atoms with van der Waals surface area (Å²) in [6, 6.07) is 17.9. The standard InChI is InChI=1S/C18H20O2/c1-3-20-17-11-9-15(10-12-17)13-18(2,14-19)16-7-5-4-6-8-16/h4-12,14H,3,13H2,1-2H3. The summed E-state index contributed by atoms with van der Waals surface area (Å²) >= 11 is 0. The Labute approximate surface area is 120 Å². The third-order valence-electron chi connectivity index (χ3n) is 3.50. The van der Waals surface area contributed by atoms with Gasteiger partial charge in [-0.25, -0.2) is 0 Å². The molecular formula is C18H20O2. The Morgan fingerprint density at radius 2 is 1.70 bits per heavy atom. The Bertz CT molecular complexity index is 545. The number of carbonyl (C=O) groups excluding carboxylic acids is 1. The fourth-order valence-corrected chi connectivity index (χ4v) is 2.32. The Morgan fingerprint density at radius 3 is 2.25 bits per heavy atom. The summed E-state index contributed by atoms with van der Waals surface area (Å²) in [4.78, 5) is 11.6. The van der Waals surface area contributed by atoms with Gasteiger partial charge in [-0.2, -0.15) is 0 Å². The van der Waals surface area contributed by atoms with E-state index in [1.807, 2.05) is 68.4 Å². The van der Waals surface area contributed by atoms with Crippen LogP contribution < -0.4 is 4.74 Å². The first-order valence-electron chi connectivity index (χ1n) is 6.91. The molecule has 1 atom stereocenters. The molecule has 0 aliphatic heterocycles. The van der Waals surface area contributed by atoms with Crippen LogP contribution in [0.3, 0.4) is 0 Å². The maximum absolute atomic E-state index is 11.6. The number of carbonyl (C=O) groups is 1. The Morgan fingerprint density at radius 1 is 1.05 bits per heavy atom. The van der Waals surface area contributed by atoms with E-state index in [1.165, 1.54) is 0 Å². The second-order valence-corrected chi connectivity index (χ2v) is 5.16. The second-order valence-electron chi connectivity index (χ2n) is 5.16. The van der Waals surface area contributed by atoms with Crippen LogP contribution in [0.15, 0.2) is 54.6 Å². The molecule has 0 saturated heterocycles. The van der Waals surface area contributed by atoms with Gasteiger partial charge in [0.05, 0.1) is 12.0 Å². The van der Waals surface area contributed by atoms with Crippen LogP contribution in [0.25, 0.3) is 0 Å². The fraction of sp³-hybridized carbons (Fsp3) is 0.278. The molecule has 0 N–H and O–H groups in total. The predicted octanol–water partition coefficient (Wildman–Crippen LogP) is 3.78. The van der Waals surface area contributed by atoms with Crippen LogP contribution in [-0.4, -0.2) is 12.9 Å². The van der Waals surface area contributed by atoms with Crippen molar-refractivity contribution < 1.29 is 9.53 Å². The summed E-state index contributed by atoms with van der Waals surface area (Å²) in [5.41, 5.74) is 1.68. The van der Waals surface area contributed by atoms with Crippen molar-refractivity contribution in [3.05, 3.63) is 65.7 Å². The third-order valence-corrected chi connectivity index (χ3v) is 3.50. The summed E-state index contributed by atoms with van der Waals surface area (Å²) in [6.45, 7) is 4.61. The molecule has 0 aliphatic rings. The number of ether oxygens (including phenoxy) is 1. The molecule has 0 fully saturated rings. The third kappa shape index (κ3) is 3.27. The number of aldehydes is 1. The summed E-state index contributed by atoms with van der Waals surface area (Å²) in [5, 5.41) is 0. The van der Waals surface area contributed by atoms with Gasteiger partial charge >= 0.3 is 0 Å². The predicted molar refractivity (Wildman–Crippen MR) is 81.2 cm³/mol. The lowest BCUT2D eigenvalue weighted by molar-refractivity contribution is -0.112. The van der Waals surface area contributed by atoms with Gasteiger partial charge in [0.2, 0.25) is 0 Å². The number of hydrogen-bond donors (Lipinski definition) is 0. The van der Waals surface area contributed by atoms with Crippen molar-refractivity contribution in [2.24, 2.45) is 0 Å². The molecule has 0 amide bonds. The van der Waals surface area contributed by atoms with E-state index < -0.39 is 5.41 Å². The highest BCUT2D eigenvalue weighted by molar-refractivity contribution is 5.68. The molecule has 0 saturated carbocycles. The molecule has 0 heterocycles. The van der Waals surface area contributed by atoms with E-state index in [1.54, 1.807) is 0 Å². The summed E-state index contributed by atoms with van der Waals surface area (Å²) < 4.78 is 5.43. The highest BCUT2D eigenvalue weighted by Gasteiger charge is 2.26. The van der Waals surface area contributed by atoms with Crippen LogP contribution in [-0.2, 0) is 16.6 Å². The number of hydrogen-bond acceptors (Lipinski definition) is 2. The van der Waals surface area contributed by atoms with Crippen molar-refractivity contribution in [3.63, 3.8) is 0 Å². The molecule has 0 aromatic heterocycles. The number of benzene rings is 2. The van der Waals surface area contributed by atoms with Gasteiger partial charge in [-0.3, -0.25) is 0 Å². The molecule has 2 nitrogen and oxygen atoms in total. The van der Waals surface area contributed by atoms with Gasteiger partial charge < -0.3 is 9.53 Å². The minimum atomic E-state index is -0.492. The zero-order chi connectivity index (χ0) is 14.4. The zero-order valence-corrected chi connectivity index (χ0v) is 12.0. The quantitative estimate of drug-likeness (QED) is 0.745. The Balaban J connectivity index is 2.19. The molecule has 0 bridgehead atoms. The Hall–Kier alpha value is -2.09. The van der Waals surface area contributed by atoms with Crippen LogP contribution in [0.5, 0.6) is 5.75 Å². The van der Waals surface area contributed by atoms with E-state index in [0.29, 0.717) is 13.0 Å². The molecule has 104 valence electrons. The largest absolute Gasteiger partial charge is 0.494 e. The lowest BCUT2D eigenvalue weighted by Crippen LogP contribution is -2.26. The van der Waals surface area contributed by atoms with Crippen LogP contribution in [0.2, 0.25) is 0 Å². The Kier molecular flexibility index (Phi) is 4.57. The molecule has 1 unspecified atom stereocenters. The zero-order valence-electron chi connectivity index (χ0n) is 12.0. The van der Waals surface area contributed by atoms with Gasteiger partial charge in [0.1, 0.15) is 12.0 Å². The molecule has 2 rings (SSSR count). The lowest BCUT2D eigenvalue weighted by atomic mass is 9.79. The van der Waals surface area contributed by atoms with Crippen LogP contribution in [0.4, 0.5) is 0 Å². The topological polar surface area (TPSA) is 26.3 Å². The average Bonchev–Trinajstić information content (AvgIpc) is 2.50. The minimum Gasteiger partial charge on any atom is -0.494 e. The van der Waals surface area contributed by atoms with Gasteiger partial charge in [0.25, 0.3) is 0 Å². The normalized spacial score (nSPS) is 13.5. The summed E-state index contributed by atoms with van der Waals surface area (Å²) in [6.07, 6.45) is 1.73. The van der Waals surface area contributed by atoms with Gasteiger partial charge in [0.15, 0.2) is 0 Å². The molecule has 2 aromatic rings. The van der Waals surface area contributed by atoms with Crippen LogP contribution >= 0.6 is 0 Å². The first-order valence-corrected chi connectivity index (χ1v) is 6.91. The van der Waals surface area contributed by atoms with Crippen LogP contribution in [0.1, 0.15) is 25.0 Å². The molecule has 20 heavy (non-hydrogen) atoms. The van der Waals surface area contributed by atoms with E-state index >= 15 is 0 Å². The molecule has 0 spiro atoms. The molecule has 2 heteroatoms. The van der Waals surface area contributed by atoms with Gasteiger partial charge in [0, 0.05) is 0 Å². The van der Waals surface area contributed by atoms with Crippen LogP contribution in [0, 0.1) is 0 Å². The maximum Gasteiger partial charge on any atom is 0.130 e. The first kappa shape index (κ1) is 14.3. The lowest BCUT2D eigenvalue weighted by Gasteiger charge is -2.23. The van der Waals surface area contributed by atoms with E-state index in [2.05, 4.69) is 0 Å². The summed E-state index contributed by atoms with van der Waals surface area (Å²) in [7, 11) is 0. The highest BCUT2D eigenvalue weighted by Crippen LogP contribution is 2.26. The second kappa shape index (κ2) is 6.38. The molecular weight excluding hydrogens is 248 g/mol. The van der Waals surface area contributed by atoms with E-state index in [4.69, 9.17) is 4.74 Å². The monoisotopic (exact) mass is 268 g/mol.